The summed E-state index contributed by atoms with van der Waals surface area (Å²) in [5, 5.41) is 0. The van der Waals surface area contributed by atoms with Crippen LogP contribution in [-0.2, 0) is 28.4 Å². The molecule has 0 aliphatic rings. The van der Waals surface area contributed by atoms with Crippen LogP contribution in [0.3, 0.4) is 0 Å². The summed E-state index contributed by atoms with van der Waals surface area (Å²) in [6, 6.07) is 31.1. The Hall–Kier alpha value is -5.32. The predicted molar refractivity (Wildman–Crippen MR) is 177 cm³/mol. The number of carbonyl (C=O) groups is 4. The van der Waals surface area contributed by atoms with Gasteiger partial charge in [-0.2, -0.15) is 0 Å². The van der Waals surface area contributed by atoms with Gasteiger partial charge in [0.15, 0.2) is 0 Å². The zero-order valence-corrected chi connectivity index (χ0v) is 26.9. The number of ether oxygens (including phenoxy) is 6. The van der Waals surface area contributed by atoms with Crippen LogP contribution in [0.5, 0.6) is 0 Å². The first kappa shape index (κ1) is 35.5. The minimum atomic E-state index is -0.505. The van der Waals surface area contributed by atoms with Crippen molar-refractivity contribution >= 4 is 23.9 Å². The molecule has 0 saturated carbocycles. The van der Waals surface area contributed by atoms with Gasteiger partial charge in [-0.1, -0.05) is 60.7 Å². The summed E-state index contributed by atoms with van der Waals surface area (Å²) in [4.78, 5) is 49.3. The van der Waals surface area contributed by atoms with Gasteiger partial charge in [0.1, 0.15) is 25.9 Å². The normalized spacial score (nSPS) is 12.0. The fourth-order valence-corrected chi connectivity index (χ4v) is 4.34. The fraction of sp³-hybridized carbons (Fsp3) is 0.263. The quantitative estimate of drug-likeness (QED) is 0.0740. The number of rotatable bonds is 17. The standard InChI is InChI=1S/C38H38O10/c1-27(46-26-28(2)48-38(42)31-12-7-4-8-13-31)25-47-36(40)32-18-16-29(17-19-32)33-14-9-15-34(24-33)37(41)45-23-21-43-20-22-44-35(39)30-10-5-3-6-11-30/h3-19,24,27-28H,20-23,25-26H2,1-2H3. The van der Waals surface area contributed by atoms with Crippen LogP contribution in [0, 0.1) is 0 Å². The average Bonchev–Trinajstić information content (AvgIpc) is 3.13. The van der Waals surface area contributed by atoms with E-state index in [4.69, 9.17) is 28.4 Å². The first-order valence-electron chi connectivity index (χ1n) is 15.5. The third-order valence-electron chi connectivity index (χ3n) is 6.87. The molecule has 0 spiro atoms. The number of hydrogen-bond donors (Lipinski definition) is 0. The fourth-order valence-electron chi connectivity index (χ4n) is 4.34. The molecule has 0 aliphatic heterocycles. The Morgan fingerprint density at radius 2 is 1.00 bits per heavy atom. The number of carbonyl (C=O) groups excluding carboxylic acids is 4. The maximum Gasteiger partial charge on any atom is 0.338 e. The maximum absolute atomic E-state index is 12.6. The van der Waals surface area contributed by atoms with Crippen LogP contribution in [0.1, 0.15) is 55.3 Å². The largest absolute Gasteiger partial charge is 0.460 e. The van der Waals surface area contributed by atoms with E-state index in [1.54, 1.807) is 105 Å². The highest BCUT2D eigenvalue weighted by Crippen LogP contribution is 2.22. The van der Waals surface area contributed by atoms with Crippen molar-refractivity contribution in [3.8, 4) is 11.1 Å². The van der Waals surface area contributed by atoms with E-state index in [0.717, 1.165) is 11.1 Å². The molecule has 4 rings (SSSR count). The SMILES string of the molecule is CC(COC(=O)c1ccc(-c2cccc(C(=O)OCCOCCOC(=O)c3ccccc3)c2)cc1)OCC(C)OC(=O)c1ccccc1. The second kappa shape index (κ2) is 18.7. The Bertz CT molecular complexity index is 1620. The van der Waals surface area contributed by atoms with Gasteiger partial charge < -0.3 is 28.4 Å². The summed E-state index contributed by atoms with van der Waals surface area (Å²) < 4.78 is 32.3. The van der Waals surface area contributed by atoms with Crippen molar-refractivity contribution in [2.45, 2.75) is 26.1 Å². The lowest BCUT2D eigenvalue weighted by Gasteiger charge is -2.18. The molecular weight excluding hydrogens is 616 g/mol. The van der Waals surface area contributed by atoms with E-state index in [1.807, 2.05) is 18.2 Å². The summed E-state index contributed by atoms with van der Waals surface area (Å²) in [5.41, 5.74) is 3.22. The van der Waals surface area contributed by atoms with Gasteiger partial charge in [-0.3, -0.25) is 0 Å². The molecule has 4 aromatic rings. The van der Waals surface area contributed by atoms with Crippen LogP contribution in [-0.4, -0.2) is 75.7 Å². The molecule has 4 aromatic carbocycles. The van der Waals surface area contributed by atoms with Crippen LogP contribution in [0.15, 0.2) is 109 Å². The third-order valence-corrected chi connectivity index (χ3v) is 6.87. The molecule has 48 heavy (non-hydrogen) atoms. The lowest BCUT2D eigenvalue weighted by Crippen LogP contribution is -2.26. The van der Waals surface area contributed by atoms with Crippen LogP contribution < -0.4 is 0 Å². The number of esters is 4. The lowest BCUT2D eigenvalue weighted by molar-refractivity contribution is -0.0380. The van der Waals surface area contributed by atoms with E-state index in [0.29, 0.717) is 22.3 Å². The first-order valence-corrected chi connectivity index (χ1v) is 15.5. The van der Waals surface area contributed by atoms with Crippen LogP contribution in [0.2, 0.25) is 0 Å². The molecule has 10 heteroatoms. The molecule has 0 heterocycles. The minimum Gasteiger partial charge on any atom is -0.460 e. The molecule has 250 valence electrons. The van der Waals surface area contributed by atoms with Crippen molar-refractivity contribution in [2.75, 3.05) is 39.6 Å². The smallest absolute Gasteiger partial charge is 0.338 e. The van der Waals surface area contributed by atoms with Crippen LogP contribution in [0.25, 0.3) is 11.1 Å². The van der Waals surface area contributed by atoms with Gasteiger partial charge >= 0.3 is 23.9 Å². The van der Waals surface area contributed by atoms with Crippen molar-refractivity contribution in [3.05, 3.63) is 131 Å². The Balaban J connectivity index is 1.14. The van der Waals surface area contributed by atoms with E-state index >= 15 is 0 Å². The zero-order valence-electron chi connectivity index (χ0n) is 26.9. The van der Waals surface area contributed by atoms with E-state index in [9.17, 15) is 19.2 Å². The van der Waals surface area contributed by atoms with Crippen molar-refractivity contribution < 1.29 is 47.6 Å². The van der Waals surface area contributed by atoms with Gasteiger partial charge in [0, 0.05) is 0 Å². The van der Waals surface area contributed by atoms with Crippen molar-refractivity contribution in [2.24, 2.45) is 0 Å². The monoisotopic (exact) mass is 654 g/mol. The highest BCUT2D eigenvalue weighted by molar-refractivity contribution is 5.92. The molecule has 2 atom stereocenters. The highest BCUT2D eigenvalue weighted by atomic mass is 16.6. The molecule has 0 radical (unpaired) electrons. The lowest BCUT2D eigenvalue weighted by atomic mass is 10.0. The molecule has 0 aromatic heterocycles. The second-order valence-electron chi connectivity index (χ2n) is 10.7. The molecule has 0 saturated heterocycles. The molecule has 0 fully saturated rings. The summed E-state index contributed by atoms with van der Waals surface area (Å²) in [7, 11) is 0. The Kier molecular flexibility index (Phi) is 13.9. The minimum absolute atomic E-state index is 0.0246. The molecular formula is C38H38O10. The summed E-state index contributed by atoms with van der Waals surface area (Å²) >= 11 is 0. The van der Waals surface area contributed by atoms with E-state index < -0.39 is 36.1 Å². The van der Waals surface area contributed by atoms with E-state index in [-0.39, 0.29) is 39.6 Å². The van der Waals surface area contributed by atoms with E-state index in [1.165, 1.54) is 0 Å². The summed E-state index contributed by atoms with van der Waals surface area (Å²) in [5.74, 6) is -1.87. The molecule has 0 aliphatic carbocycles. The average molecular weight is 655 g/mol. The Labute approximate surface area is 279 Å². The predicted octanol–water partition coefficient (Wildman–Crippen LogP) is 6.19. The van der Waals surface area contributed by atoms with Crippen LogP contribution >= 0.6 is 0 Å². The summed E-state index contributed by atoms with van der Waals surface area (Å²) in [6.45, 7) is 4.12. The first-order chi connectivity index (χ1) is 23.3. The Morgan fingerprint density at radius 1 is 0.479 bits per heavy atom. The zero-order chi connectivity index (χ0) is 34.1. The number of benzene rings is 4. The van der Waals surface area contributed by atoms with Crippen LogP contribution in [0.4, 0.5) is 0 Å². The van der Waals surface area contributed by atoms with Crippen molar-refractivity contribution in [3.63, 3.8) is 0 Å². The highest BCUT2D eigenvalue weighted by Gasteiger charge is 2.16. The molecule has 0 N–H and O–H groups in total. The molecule has 0 bridgehead atoms. The maximum atomic E-state index is 12.6. The summed E-state index contributed by atoms with van der Waals surface area (Å²) in [6.07, 6.45) is -0.891. The number of hydrogen-bond acceptors (Lipinski definition) is 10. The Morgan fingerprint density at radius 3 is 1.62 bits per heavy atom. The van der Waals surface area contributed by atoms with Crippen molar-refractivity contribution in [1.82, 2.24) is 0 Å². The molecule has 0 amide bonds. The van der Waals surface area contributed by atoms with E-state index in [2.05, 4.69) is 0 Å². The topological polar surface area (TPSA) is 124 Å². The van der Waals surface area contributed by atoms with Gasteiger partial charge in [0.05, 0.1) is 48.2 Å². The van der Waals surface area contributed by atoms with Gasteiger partial charge in [-0.15, -0.1) is 0 Å². The molecule has 2 unspecified atom stereocenters. The second-order valence-corrected chi connectivity index (χ2v) is 10.7. The van der Waals surface area contributed by atoms with Crippen molar-refractivity contribution in [1.29, 1.82) is 0 Å². The third kappa shape index (κ3) is 11.5. The van der Waals surface area contributed by atoms with Gasteiger partial charge in [0.25, 0.3) is 0 Å². The van der Waals surface area contributed by atoms with Gasteiger partial charge in [0.2, 0.25) is 0 Å². The van der Waals surface area contributed by atoms with Gasteiger partial charge in [-0.25, -0.2) is 19.2 Å². The van der Waals surface area contributed by atoms with Gasteiger partial charge in [-0.05, 0) is 73.5 Å². The molecule has 10 nitrogen and oxygen atoms in total.